The summed E-state index contributed by atoms with van der Waals surface area (Å²) < 4.78 is 42.3. The summed E-state index contributed by atoms with van der Waals surface area (Å²) in [7, 11) is -3.94. The quantitative estimate of drug-likeness (QED) is 0.610. The number of rotatable bonds is 6. The van der Waals surface area contributed by atoms with Crippen molar-refractivity contribution in [2.75, 3.05) is 26.2 Å². The Hall–Kier alpha value is -2.23. The molecule has 1 amide bonds. The normalized spacial score (nSPS) is 15.9. The minimum Gasteiger partial charge on any atom is -0.337 e. The minimum absolute atomic E-state index is 0.0996. The van der Waals surface area contributed by atoms with Crippen LogP contribution in [0.4, 0.5) is 4.39 Å². The molecule has 1 fully saturated rings. The standard InChI is InChI=1S/C21H26ClFN4O3S/c1-15(2)14-27-21(22)17(16(3)24-27)8-9-20(28)25-10-12-26(13-11-25)31(29,30)19-7-5-4-6-18(19)23/h4-9,15H,10-14H2,1-3H3/b9-8+. The van der Waals surface area contributed by atoms with Crippen LogP contribution in [-0.4, -0.2) is 59.5 Å². The Morgan fingerprint density at radius 2 is 1.87 bits per heavy atom. The van der Waals surface area contributed by atoms with Crippen molar-refractivity contribution in [1.82, 2.24) is 19.0 Å². The van der Waals surface area contributed by atoms with Crippen molar-refractivity contribution in [3.63, 3.8) is 0 Å². The van der Waals surface area contributed by atoms with E-state index in [1.807, 2.05) is 6.92 Å². The summed E-state index contributed by atoms with van der Waals surface area (Å²) >= 11 is 6.40. The number of benzene rings is 1. The first-order valence-electron chi connectivity index (χ1n) is 10.1. The van der Waals surface area contributed by atoms with E-state index in [-0.39, 0.29) is 37.0 Å². The highest BCUT2D eigenvalue weighted by molar-refractivity contribution is 7.89. The third-order valence-electron chi connectivity index (χ3n) is 5.04. The van der Waals surface area contributed by atoms with Crippen LogP contribution < -0.4 is 0 Å². The van der Waals surface area contributed by atoms with E-state index in [0.29, 0.717) is 23.2 Å². The fourth-order valence-corrected chi connectivity index (χ4v) is 5.22. The van der Waals surface area contributed by atoms with Gasteiger partial charge in [-0.15, -0.1) is 0 Å². The van der Waals surface area contributed by atoms with E-state index in [0.717, 1.165) is 11.8 Å². The van der Waals surface area contributed by atoms with Gasteiger partial charge in [0, 0.05) is 44.4 Å². The second kappa shape index (κ2) is 9.50. The van der Waals surface area contributed by atoms with Crippen molar-refractivity contribution in [2.24, 2.45) is 5.92 Å². The van der Waals surface area contributed by atoms with Crippen LogP contribution in [0.15, 0.2) is 35.2 Å². The van der Waals surface area contributed by atoms with Gasteiger partial charge in [-0.2, -0.15) is 9.40 Å². The second-order valence-electron chi connectivity index (χ2n) is 7.86. The zero-order chi connectivity index (χ0) is 22.8. The van der Waals surface area contributed by atoms with Crippen LogP contribution in [0.3, 0.4) is 0 Å². The summed E-state index contributed by atoms with van der Waals surface area (Å²) in [5.74, 6) is -0.642. The molecule has 1 aliphatic heterocycles. The molecule has 1 saturated heterocycles. The molecule has 0 N–H and O–H groups in total. The first-order chi connectivity index (χ1) is 14.6. The van der Waals surface area contributed by atoms with E-state index in [9.17, 15) is 17.6 Å². The largest absolute Gasteiger partial charge is 0.337 e. The van der Waals surface area contributed by atoms with Gasteiger partial charge < -0.3 is 4.90 Å². The van der Waals surface area contributed by atoms with Gasteiger partial charge in [-0.3, -0.25) is 9.48 Å². The zero-order valence-electron chi connectivity index (χ0n) is 17.8. The maximum Gasteiger partial charge on any atom is 0.246 e. The van der Waals surface area contributed by atoms with Gasteiger partial charge in [0.15, 0.2) is 0 Å². The van der Waals surface area contributed by atoms with Crippen molar-refractivity contribution in [3.8, 4) is 0 Å². The lowest BCUT2D eigenvalue weighted by Gasteiger charge is -2.33. The maximum absolute atomic E-state index is 13.9. The van der Waals surface area contributed by atoms with Crippen LogP contribution in [0.1, 0.15) is 25.1 Å². The zero-order valence-corrected chi connectivity index (χ0v) is 19.3. The van der Waals surface area contributed by atoms with Gasteiger partial charge in [0.2, 0.25) is 15.9 Å². The fraction of sp³-hybridized carbons (Fsp3) is 0.429. The molecule has 0 unspecified atom stereocenters. The number of carbonyl (C=O) groups excluding carboxylic acids is 1. The number of amides is 1. The molecular formula is C21H26ClFN4O3S. The molecule has 1 aliphatic rings. The summed E-state index contributed by atoms with van der Waals surface area (Å²) in [6.07, 6.45) is 3.07. The van der Waals surface area contributed by atoms with Crippen molar-refractivity contribution < 1.29 is 17.6 Å². The van der Waals surface area contributed by atoms with Gasteiger partial charge in [-0.05, 0) is 31.1 Å². The van der Waals surface area contributed by atoms with Crippen molar-refractivity contribution in [3.05, 3.63) is 52.6 Å². The smallest absolute Gasteiger partial charge is 0.246 e. The van der Waals surface area contributed by atoms with Crippen LogP contribution in [0.5, 0.6) is 0 Å². The monoisotopic (exact) mass is 468 g/mol. The Bertz CT molecular complexity index is 1090. The molecule has 0 radical (unpaired) electrons. The van der Waals surface area contributed by atoms with Crippen LogP contribution in [0.2, 0.25) is 5.15 Å². The van der Waals surface area contributed by atoms with Crippen LogP contribution in [0, 0.1) is 18.7 Å². The summed E-state index contributed by atoms with van der Waals surface area (Å²) in [5, 5.41) is 4.90. The molecule has 168 valence electrons. The highest BCUT2D eigenvalue weighted by atomic mass is 35.5. The van der Waals surface area contributed by atoms with Gasteiger partial charge in [0.1, 0.15) is 15.9 Å². The molecule has 0 saturated carbocycles. The molecule has 1 aromatic carbocycles. The number of hydrogen-bond donors (Lipinski definition) is 0. The molecule has 3 rings (SSSR count). The molecule has 0 atom stereocenters. The average Bonchev–Trinajstić information content (AvgIpc) is 2.98. The fourth-order valence-electron chi connectivity index (χ4n) is 3.43. The molecule has 31 heavy (non-hydrogen) atoms. The molecule has 0 aliphatic carbocycles. The number of aryl methyl sites for hydroxylation is 1. The number of piperazine rings is 1. The van der Waals surface area contributed by atoms with E-state index >= 15 is 0 Å². The first-order valence-corrected chi connectivity index (χ1v) is 11.9. The predicted molar refractivity (Wildman–Crippen MR) is 118 cm³/mol. The summed E-state index contributed by atoms with van der Waals surface area (Å²) in [6.45, 7) is 7.28. The Labute approximate surface area is 187 Å². The molecule has 1 aromatic heterocycles. The maximum atomic E-state index is 13.9. The number of nitrogens with zero attached hydrogens (tertiary/aromatic N) is 4. The van der Waals surface area contributed by atoms with E-state index in [1.165, 1.54) is 28.6 Å². The van der Waals surface area contributed by atoms with E-state index < -0.39 is 15.8 Å². The molecule has 0 spiro atoms. The lowest BCUT2D eigenvalue weighted by atomic mass is 10.2. The van der Waals surface area contributed by atoms with Gasteiger partial charge >= 0.3 is 0 Å². The average molecular weight is 469 g/mol. The highest BCUT2D eigenvalue weighted by Gasteiger charge is 2.31. The summed E-state index contributed by atoms with van der Waals surface area (Å²) in [4.78, 5) is 13.8. The number of sulfonamides is 1. The number of halogens is 2. The number of carbonyl (C=O) groups is 1. The highest BCUT2D eigenvalue weighted by Crippen LogP contribution is 2.23. The lowest BCUT2D eigenvalue weighted by Crippen LogP contribution is -2.50. The molecule has 2 aromatic rings. The van der Waals surface area contributed by atoms with Crippen LogP contribution in [-0.2, 0) is 21.4 Å². The molecule has 10 heteroatoms. The third kappa shape index (κ3) is 5.16. The Morgan fingerprint density at radius 1 is 1.23 bits per heavy atom. The van der Waals surface area contributed by atoms with Crippen LogP contribution in [0.25, 0.3) is 6.08 Å². The van der Waals surface area contributed by atoms with E-state index in [4.69, 9.17) is 11.6 Å². The molecule has 7 nitrogen and oxygen atoms in total. The minimum atomic E-state index is -3.94. The Balaban J connectivity index is 1.65. The van der Waals surface area contributed by atoms with Gasteiger partial charge in [0.25, 0.3) is 0 Å². The van der Waals surface area contributed by atoms with Crippen LogP contribution >= 0.6 is 11.6 Å². The number of aromatic nitrogens is 2. The van der Waals surface area contributed by atoms with Crippen molar-refractivity contribution in [1.29, 1.82) is 0 Å². The topological polar surface area (TPSA) is 75.5 Å². The molecular weight excluding hydrogens is 443 g/mol. The lowest BCUT2D eigenvalue weighted by molar-refractivity contribution is -0.127. The molecule has 2 heterocycles. The Kier molecular flexibility index (Phi) is 7.18. The SMILES string of the molecule is Cc1nn(CC(C)C)c(Cl)c1/C=C/C(=O)N1CCN(S(=O)(=O)c2ccccc2F)CC1. The van der Waals surface area contributed by atoms with Gasteiger partial charge in [-0.1, -0.05) is 37.6 Å². The summed E-state index contributed by atoms with van der Waals surface area (Å²) in [5.41, 5.74) is 1.42. The summed E-state index contributed by atoms with van der Waals surface area (Å²) in [6, 6.07) is 5.29. The first kappa shape index (κ1) is 23.4. The van der Waals surface area contributed by atoms with Crippen molar-refractivity contribution in [2.45, 2.75) is 32.2 Å². The van der Waals surface area contributed by atoms with E-state index in [2.05, 4.69) is 18.9 Å². The Morgan fingerprint density at radius 3 is 2.48 bits per heavy atom. The third-order valence-corrected chi connectivity index (χ3v) is 7.38. The van der Waals surface area contributed by atoms with Crippen molar-refractivity contribution >= 4 is 33.6 Å². The molecule has 0 bridgehead atoms. The van der Waals surface area contributed by atoms with Gasteiger partial charge in [0.05, 0.1) is 5.69 Å². The van der Waals surface area contributed by atoms with E-state index in [1.54, 1.807) is 15.7 Å². The van der Waals surface area contributed by atoms with Gasteiger partial charge in [-0.25, -0.2) is 12.8 Å². The number of hydrogen-bond acceptors (Lipinski definition) is 4. The second-order valence-corrected chi connectivity index (χ2v) is 10.1. The predicted octanol–water partition coefficient (Wildman–Crippen LogP) is 3.19.